The molecule has 88 valence electrons. The molecule has 0 bridgehead atoms. The van der Waals surface area contributed by atoms with Crippen molar-refractivity contribution >= 4 is 5.69 Å². The molecule has 1 aromatic rings. The van der Waals surface area contributed by atoms with Gasteiger partial charge in [0.15, 0.2) is 0 Å². The first-order valence-electron chi connectivity index (χ1n) is 4.75. The first-order chi connectivity index (χ1) is 7.56. The maximum absolute atomic E-state index is 11.3. The molecule has 0 aromatic carbocycles. The summed E-state index contributed by atoms with van der Waals surface area (Å²) in [6, 6.07) is 0. The number of H-pyrrole nitrogens is 1. The van der Waals surface area contributed by atoms with E-state index >= 15 is 0 Å². The maximum Gasteiger partial charge on any atom is 0.350 e. The van der Waals surface area contributed by atoms with Crippen LogP contribution < -0.4 is 16.6 Å². The summed E-state index contributed by atoms with van der Waals surface area (Å²) in [6.45, 7) is 3.40. The quantitative estimate of drug-likeness (QED) is 0.383. The Morgan fingerprint density at radius 1 is 1.56 bits per heavy atom. The molecule has 0 saturated carbocycles. The van der Waals surface area contributed by atoms with E-state index in [2.05, 4.69) is 5.32 Å². The smallest absolute Gasteiger partial charge is 0.315 e. The molecule has 2 N–H and O–H groups in total. The number of likely N-dealkylation sites (N-methyl/N-ethyl adjacent to an activating group) is 1. The number of rotatable bonds is 5. The van der Waals surface area contributed by atoms with Gasteiger partial charge in [-0.05, 0) is 6.54 Å². The molecule has 0 aliphatic carbocycles. The molecule has 0 radical (unpaired) electrons. The second kappa shape index (κ2) is 5.21. The molecule has 0 spiro atoms. The highest BCUT2D eigenvalue weighted by atomic mass is 16.6. The van der Waals surface area contributed by atoms with Crippen LogP contribution in [-0.2, 0) is 6.54 Å². The van der Waals surface area contributed by atoms with Crippen molar-refractivity contribution in [3.8, 4) is 0 Å². The molecular formula is C8H12N4O4. The summed E-state index contributed by atoms with van der Waals surface area (Å²) in [7, 11) is 0. The van der Waals surface area contributed by atoms with Gasteiger partial charge in [-0.2, -0.15) is 0 Å². The van der Waals surface area contributed by atoms with Gasteiger partial charge < -0.3 is 5.32 Å². The first-order valence-corrected chi connectivity index (χ1v) is 4.75. The third-order valence-electron chi connectivity index (χ3n) is 1.97. The Morgan fingerprint density at radius 2 is 2.25 bits per heavy atom. The number of hydrogen-bond acceptors (Lipinski definition) is 5. The standard InChI is InChI=1S/C8H12N4O4/c1-2-9-3-4-11-5-6(12(15)16)7(13)10-8(11)14/h5,9H,2-4H2,1H3,(H,10,13,14). The summed E-state index contributed by atoms with van der Waals surface area (Å²) < 4.78 is 1.10. The molecule has 16 heavy (non-hydrogen) atoms. The molecule has 0 fully saturated rings. The summed E-state index contributed by atoms with van der Waals surface area (Å²) in [5.74, 6) is 0. The monoisotopic (exact) mass is 228 g/mol. The number of hydrogen-bond donors (Lipinski definition) is 2. The molecule has 0 atom stereocenters. The lowest BCUT2D eigenvalue weighted by Gasteiger charge is -2.04. The Hall–Kier alpha value is -1.96. The number of nitrogens with zero attached hydrogens (tertiary/aromatic N) is 2. The largest absolute Gasteiger partial charge is 0.350 e. The number of nitrogens with one attached hydrogen (secondary N) is 2. The topological polar surface area (TPSA) is 110 Å². The molecule has 8 heteroatoms. The minimum absolute atomic E-state index is 0.268. The Labute approximate surface area is 90.1 Å². The van der Waals surface area contributed by atoms with Crippen LogP contribution in [0.15, 0.2) is 15.8 Å². The predicted molar refractivity (Wildman–Crippen MR) is 56.5 cm³/mol. The summed E-state index contributed by atoms with van der Waals surface area (Å²) in [5.41, 5.74) is -2.25. The molecule has 0 unspecified atom stereocenters. The second-order valence-electron chi connectivity index (χ2n) is 3.08. The Bertz CT molecular complexity index is 490. The Balaban J connectivity index is 3.01. The van der Waals surface area contributed by atoms with Crippen LogP contribution >= 0.6 is 0 Å². The van der Waals surface area contributed by atoms with Gasteiger partial charge in [-0.3, -0.25) is 24.5 Å². The Kier molecular flexibility index (Phi) is 3.95. The SMILES string of the molecule is CCNCCn1cc([N+](=O)[O-])c(=O)[nH]c1=O. The van der Waals surface area contributed by atoms with Gasteiger partial charge in [-0.25, -0.2) is 4.79 Å². The lowest BCUT2D eigenvalue weighted by atomic mass is 10.5. The summed E-state index contributed by atoms with van der Waals surface area (Å²) >= 11 is 0. The zero-order valence-corrected chi connectivity index (χ0v) is 8.73. The van der Waals surface area contributed by atoms with E-state index in [1.54, 1.807) is 0 Å². The summed E-state index contributed by atoms with van der Waals surface area (Å²) in [6.07, 6.45) is 0.957. The van der Waals surface area contributed by atoms with Gasteiger partial charge in [-0.15, -0.1) is 0 Å². The number of aromatic nitrogens is 2. The van der Waals surface area contributed by atoms with E-state index in [-0.39, 0.29) is 6.54 Å². The van der Waals surface area contributed by atoms with Gasteiger partial charge in [0.1, 0.15) is 0 Å². The maximum atomic E-state index is 11.3. The van der Waals surface area contributed by atoms with Gasteiger partial charge in [0.25, 0.3) is 0 Å². The van der Waals surface area contributed by atoms with E-state index in [0.717, 1.165) is 17.3 Å². The molecular weight excluding hydrogens is 216 g/mol. The second-order valence-corrected chi connectivity index (χ2v) is 3.08. The fourth-order valence-electron chi connectivity index (χ4n) is 1.17. The molecule has 1 rings (SSSR count). The van der Waals surface area contributed by atoms with Crippen molar-refractivity contribution in [1.29, 1.82) is 0 Å². The number of aromatic amines is 1. The van der Waals surface area contributed by atoms with Crippen molar-refractivity contribution in [1.82, 2.24) is 14.9 Å². The van der Waals surface area contributed by atoms with Crippen molar-refractivity contribution in [2.45, 2.75) is 13.5 Å². The lowest BCUT2D eigenvalue weighted by molar-refractivity contribution is -0.386. The van der Waals surface area contributed by atoms with Crippen LogP contribution in [0.3, 0.4) is 0 Å². The van der Waals surface area contributed by atoms with Gasteiger partial charge in [-0.1, -0.05) is 6.92 Å². The van der Waals surface area contributed by atoms with Crippen molar-refractivity contribution in [2.24, 2.45) is 0 Å². The van der Waals surface area contributed by atoms with Crippen LogP contribution in [0.1, 0.15) is 6.92 Å². The van der Waals surface area contributed by atoms with Crippen LogP contribution in [0.25, 0.3) is 0 Å². The molecule has 1 aromatic heterocycles. The summed E-state index contributed by atoms with van der Waals surface area (Å²) in [4.78, 5) is 33.9. The summed E-state index contributed by atoms with van der Waals surface area (Å²) in [5, 5.41) is 13.4. The van der Waals surface area contributed by atoms with Crippen molar-refractivity contribution in [3.63, 3.8) is 0 Å². The minimum Gasteiger partial charge on any atom is -0.315 e. The third-order valence-corrected chi connectivity index (χ3v) is 1.97. The fraction of sp³-hybridized carbons (Fsp3) is 0.500. The van der Waals surface area contributed by atoms with Gasteiger partial charge in [0.05, 0.1) is 11.1 Å². The molecule has 0 aliphatic heterocycles. The predicted octanol–water partition coefficient (Wildman–Crippen LogP) is -0.946. The van der Waals surface area contributed by atoms with Crippen molar-refractivity contribution in [3.05, 3.63) is 37.1 Å². The molecule has 0 saturated heterocycles. The molecule has 0 aliphatic rings. The van der Waals surface area contributed by atoms with Crippen LogP contribution in [-0.4, -0.2) is 27.6 Å². The lowest BCUT2D eigenvalue weighted by Crippen LogP contribution is -2.33. The molecule has 1 heterocycles. The fourth-order valence-corrected chi connectivity index (χ4v) is 1.17. The van der Waals surface area contributed by atoms with Crippen LogP contribution in [0.4, 0.5) is 5.69 Å². The van der Waals surface area contributed by atoms with E-state index in [0.29, 0.717) is 6.54 Å². The van der Waals surface area contributed by atoms with E-state index in [9.17, 15) is 19.7 Å². The van der Waals surface area contributed by atoms with E-state index < -0.39 is 21.9 Å². The van der Waals surface area contributed by atoms with Crippen molar-refractivity contribution in [2.75, 3.05) is 13.1 Å². The third kappa shape index (κ3) is 2.76. The highest BCUT2D eigenvalue weighted by Crippen LogP contribution is 1.98. The van der Waals surface area contributed by atoms with Gasteiger partial charge >= 0.3 is 16.9 Å². The van der Waals surface area contributed by atoms with E-state index in [1.807, 2.05) is 11.9 Å². The van der Waals surface area contributed by atoms with E-state index in [1.165, 1.54) is 0 Å². The Morgan fingerprint density at radius 3 is 2.81 bits per heavy atom. The van der Waals surface area contributed by atoms with Gasteiger partial charge in [0, 0.05) is 13.1 Å². The highest BCUT2D eigenvalue weighted by Gasteiger charge is 2.14. The molecule has 0 amide bonds. The molecule has 8 nitrogen and oxygen atoms in total. The van der Waals surface area contributed by atoms with Crippen molar-refractivity contribution < 1.29 is 4.92 Å². The highest BCUT2D eigenvalue weighted by molar-refractivity contribution is 5.20. The zero-order chi connectivity index (χ0) is 12.1. The van der Waals surface area contributed by atoms with E-state index in [4.69, 9.17) is 0 Å². The first kappa shape index (κ1) is 12.1. The normalized spacial score (nSPS) is 10.3. The van der Waals surface area contributed by atoms with Crippen LogP contribution in [0.5, 0.6) is 0 Å². The van der Waals surface area contributed by atoms with Crippen LogP contribution in [0.2, 0.25) is 0 Å². The minimum atomic E-state index is -0.977. The number of nitro groups is 1. The average molecular weight is 228 g/mol. The van der Waals surface area contributed by atoms with Crippen LogP contribution in [0, 0.1) is 10.1 Å². The zero-order valence-electron chi connectivity index (χ0n) is 8.73. The van der Waals surface area contributed by atoms with Gasteiger partial charge in [0.2, 0.25) is 0 Å². The average Bonchev–Trinajstić information content (AvgIpc) is 2.21.